The number of hydrogen-bond donors (Lipinski definition) is 0. The van der Waals surface area contributed by atoms with Gasteiger partial charge in [0.2, 0.25) is 0 Å². The monoisotopic (exact) mass is 239 g/mol. The van der Waals surface area contributed by atoms with Crippen LogP contribution in [0, 0.1) is 23.1 Å². The summed E-state index contributed by atoms with van der Waals surface area (Å²) in [6.45, 7) is 4.03. The first-order valence-corrected chi connectivity index (χ1v) is 5.86. The first kappa shape index (κ1) is 13.0. The Kier molecular flexibility index (Phi) is 4.76. The molecule has 1 aromatic carbocycles. The first-order valence-electron chi connectivity index (χ1n) is 5.49. The van der Waals surface area contributed by atoms with Crippen molar-refractivity contribution in [2.45, 2.75) is 32.6 Å². The van der Waals surface area contributed by atoms with Crippen molar-refractivity contribution in [3.05, 3.63) is 34.6 Å². The molecule has 86 valence electrons. The van der Waals surface area contributed by atoms with Crippen LogP contribution >= 0.6 is 11.6 Å². The second-order valence-corrected chi connectivity index (χ2v) is 4.23. The van der Waals surface area contributed by atoms with Gasteiger partial charge in [-0.2, -0.15) is 5.26 Å². The van der Waals surface area contributed by atoms with E-state index < -0.39 is 11.7 Å². The highest BCUT2D eigenvalue weighted by molar-refractivity contribution is 6.30. The largest absolute Gasteiger partial charge is 0.205 e. The predicted molar refractivity (Wildman–Crippen MR) is 63.8 cm³/mol. The van der Waals surface area contributed by atoms with Crippen LogP contribution in [-0.2, 0) is 0 Å². The first-order chi connectivity index (χ1) is 7.65. The van der Waals surface area contributed by atoms with E-state index in [0.717, 1.165) is 12.8 Å². The molecule has 0 spiro atoms. The van der Waals surface area contributed by atoms with E-state index in [-0.39, 0.29) is 10.9 Å². The van der Waals surface area contributed by atoms with Crippen molar-refractivity contribution in [2.75, 3.05) is 0 Å². The predicted octanol–water partition coefficient (Wildman–Crippen LogP) is 4.52. The van der Waals surface area contributed by atoms with Crippen LogP contribution < -0.4 is 0 Å². The lowest BCUT2D eigenvalue weighted by atomic mass is 9.83. The zero-order valence-corrected chi connectivity index (χ0v) is 10.3. The molecule has 1 aromatic rings. The van der Waals surface area contributed by atoms with Crippen molar-refractivity contribution in [1.82, 2.24) is 0 Å². The fraction of sp³-hybridized carbons (Fsp3) is 0.462. The van der Waals surface area contributed by atoms with Gasteiger partial charge in [-0.3, -0.25) is 0 Å². The summed E-state index contributed by atoms with van der Waals surface area (Å²) in [7, 11) is 0. The number of nitrogens with zero attached hydrogens (tertiary/aromatic N) is 1. The summed E-state index contributed by atoms with van der Waals surface area (Å²) in [6.07, 6.45) is 1.72. The van der Waals surface area contributed by atoms with Gasteiger partial charge in [0.15, 0.2) is 0 Å². The molecule has 1 atom stereocenters. The van der Waals surface area contributed by atoms with Gasteiger partial charge in [0.1, 0.15) is 5.82 Å². The Morgan fingerprint density at radius 1 is 1.38 bits per heavy atom. The van der Waals surface area contributed by atoms with E-state index in [0.29, 0.717) is 5.56 Å². The molecule has 0 amide bonds. The Labute approximate surface area is 101 Å². The minimum absolute atomic E-state index is 0.0868. The van der Waals surface area contributed by atoms with Gasteiger partial charge in [-0.25, -0.2) is 4.39 Å². The van der Waals surface area contributed by atoms with Crippen LogP contribution in [0.4, 0.5) is 4.39 Å². The summed E-state index contributed by atoms with van der Waals surface area (Å²) >= 11 is 5.72. The van der Waals surface area contributed by atoms with Crippen molar-refractivity contribution in [3.63, 3.8) is 0 Å². The molecule has 3 heteroatoms. The standard InChI is InChI=1S/C13H15ClFN/c1-3-9(4-2)11(8-16)10-6-5-7-12(14)13(10)15/h5-7,9,11H,3-4H2,1-2H3. The molecule has 0 aromatic heterocycles. The van der Waals surface area contributed by atoms with Crippen LogP contribution in [0.25, 0.3) is 0 Å². The molecular formula is C13H15ClFN. The second-order valence-electron chi connectivity index (χ2n) is 3.83. The van der Waals surface area contributed by atoms with Gasteiger partial charge in [0, 0.05) is 5.56 Å². The zero-order valence-electron chi connectivity index (χ0n) is 9.50. The number of benzene rings is 1. The van der Waals surface area contributed by atoms with Gasteiger partial charge in [0.05, 0.1) is 17.0 Å². The Morgan fingerprint density at radius 2 is 2.00 bits per heavy atom. The van der Waals surface area contributed by atoms with Gasteiger partial charge >= 0.3 is 0 Å². The lowest BCUT2D eigenvalue weighted by Crippen LogP contribution is -2.11. The fourth-order valence-electron chi connectivity index (χ4n) is 1.95. The maximum absolute atomic E-state index is 13.8. The van der Waals surface area contributed by atoms with Crippen LogP contribution in [0.15, 0.2) is 18.2 Å². The van der Waals surface area contributed by atoms with E-state index in [1.54, 1.807) is 12.1 Å². The van der Waals surface area contributed by atoms with E-state index in [1.807, 2.05) is 13.8 Å². The number of rotatable bonds is 4. The minimum atomic E-state index is -0.456. The summed E-state index contributed by atoms with van der Waals surface area (Å²) in [6, 6.07) is 7.03. The molecule has 1 rings (SSSR count). The molecular weight excluding hydrogens is 225 g/mol. The van der Waals surface area contributed by atoms with Crippen LogP contribution in [0.2, 0.25) is 5.02 Å². The Hall–Kier alpha value is -1.07. The van der Waals surface area contributed by atoms with Crippen LogP contribution in [-0.4, -0.2) is 0 Å². The van der Waals surface area contributed by atoms with E-state index >= 15 is 0 Å². The fourth-order valence-corrected chi connectivity index (χ4v) is 2.13. The van der Waals surface area contributed by atoms with Crippen molar-refractivity contribution >= 4 is 11.6 Å². The van der Waals surface area contributed by atoms with Gasteiger partial charge in [-0.15, -0.1) is 0 Å². The highest BCUT2D eigenvalue weighted by Crippen LogP contribution is 2.32. The van der Waals surface area contributed by atoms with Gasteiger partial charge in [-0.05, 0) is 12.0 Å². The number of halogens is 2. The molecule has 0 N–H and O–H groups in total. The number of hydrogen-bond acceptors (Lipinski definition) is 1. The molecule has 0 bridgehead atoms. The van der Waals surface area contributed by atoms with Crippen molar-refractivity contribution < 1.29 is 4.39 Å². The summed E-state index contributed by atoms with van der Waals surface area (Å²) < 4.78 is 13.8. The van der Waals surface area contributed by atoms with Crippen LogP contribution in [0.3, 0.4) is 0 Å². The average molecular weight is 240 g/mol. The maximum atomic E-state index is 13.8. The Bertz CT molecular complexity index is 393. The van der Waals surface area contributed by atoms with Crippen molar-refractivity contribution in [3.8, 4) is 6.07 Å². The average Bonchev–Trinajstić information content (AvgIpc) is 2.30. The third-order valence-corrected chi connectivity index (χ3v) is 3.27. The minimum Gasteiger partial charge on any atom is -0.205 e. The van der Waals surface area contributed by atoms with Crippen LogP contribution in [0.1, 0.15) is 38.2 Å². The highest BCUT2D eigenvalue weighted by Gasteiger charge is 2.23. The lowest BCUT2D eigenvalue weighted by molar-refractivity contribution is 0.440. The van der Waals surface area contributed by atoms with E-state index in [9.17, 15) is 4.39 Å². The summed E-state index contributed by atoms with van der Waals surface area (Å²) in [5.74, 6) is -0.686. The van der Waals surface area contributed by atoms with E-state index in [2.05, 4.69) is 6.07 Å². The molecule has 1 nitrogen and oxygen atoms in total. The summed E-state index contributed by atoms with van der Waals surface area (Å²) in [5, 5.41) is 9.25. The normalized spacial score (nSPS) is 12.5. The highest BCUT2D eigenvalue weighted by atomic mass is 35.5. The Morgan fingerprint density at radius 3 is 2.50 bits per heavy atom. The van der Waals surface area contributed by atoms with Gasteiger partial charge < -0.3 is 0 Å². The summed E-state index contributed by atoms with van der Waals surface area (Å²) in [5.41, 5.74) is 0.420. The molecule has 1 unspecified atom stereocenters. The third kappa shape index (κ3) is 2.54. The number of nitriles is 1. The van der Waals surface area contributed by atoms with Crippen molar-refractivity contribution in [2.24, 2.45) is 5.92 Å². The molecule has 0 radical (unpaired) electrons. The molecule has 0 saturated carbocycles. The van der Waals surface area contributed by atoms with E-state index in [4.69, 9.17) is 16.9 Å². The van der Waals surface area contributed by atoms with Crippen molar-refractivity contribution in [1.29, 1.82) is 5.26 Å². The van der Waals surface area contributed by atoms with Gasteiger partial charge in [-0.1, -0.05) is 50.4 Å². The lowest BCUT2D eigenvalue weighted by Gasteiger charge is -2.19. The third-order valence-electron chi connectivity index (χ3n) is 2.98. The maximum Gasteiger partial charge on any atom is 0.146 e. The topological polar surface area (TPSA) is 23.8 Å². The van der Waals surface area contributed by atoms with Gasteiger partial charge in [0.25, 0.3) is 0 Å². The molecule has 0 heterocycles. The smallest absolute Gasteiger partial charge is 0.146 e. The van der Waals surface area contributed by atoms with Crippen LogP contribution in [0.5, 0.6) is 0 Å². The molecule has 16 heavy (non-hydrogen) atoms. The summed E-state index contributed by atoms with van der Waals surface area (Å²) in [4.78, 5) is 0. The molecule has 0 aliphatic carbocycles. The zero-order chi connectivity index (χ0) is 12.1. The quantitative estimate of drug-likeness (QED) is 0.758. The van der Waals surface area contributed by atoms with E-state index in [1.165, 1.54) is 6.07 Å². The SMILES string of the molecule is CCC(CC)C(C#N)c1cccc(Cl)c1F. The Balaban J connectivity index is 3.14. The molecule has 0 aliphatic heterocycles. The molecule has 0 fully saturated rings. The second kappa shape index (κ2) is 5.86. The molecule has 0 saturated heterocycles. The molecule has 0 aliphatic rings.